The molecule has 0 unspecified atom stereocenters. The second kappa shape index (κ2) is 9.55. The smallest absolute Gasteiger partial charge is 0.191 e. The minimum Gasteiger partial charge on any atom is -0.359 e. The summed E-state index contributed by atoms with van der Waals surface area (Å²) >= 11 is 0. The Morgan fingerprint density at radius 1 is 1.17 bits per heavy atom. The number of hydrogen-bond donors (Lipinski definition) is 2. The number of guanidine groups is 1. The van der Waals surface area contributed by atoms with Gasteiger partial charge in [-0.2, -0.15) is 0 Å². The molecule has 132 valence electrons. The summed E-state index contributed by atoms with van der Waals surface area (Å²) < 4.78 is 5.32. The van der Waals surface area contributed by atoms with Crippen LogP contribution in [0.3, 0.4) is 0 Å². The van der Waals surface area contributed by atoms with Gasteiger partial charge in [-0.3, -0.25) is 9.89 Å². The monoisotopic (exact) mass is 323 g/mol. The van der Waals surface area contributed by atoms with Crippen LogP contribution in [0, 0.1) is 0 Å². The zero-order chi connectivity index (χ0) is 17.4. The molecule has 1 heterocycles. The molecule has 0 radical (unpaired) electrons. The molecule has 0 spiro atoms. The molecule has 23 heavy (non-hydrogen) atoms. The lowest BCUT2D eigenvalue weighted by atomic mass is 10.1. The van der Waals surface area contributed by atoms with E-state index in [0.717, 1.165) is 30.5 Å². The highest BCUT2D eigenvalue weighted by Gasteiger charge is 2.13. The van der Waals surface area contributed by atoms with Gasteiger partial charge in [0.15, 0.2) is 11.7 Å². The van der Waals surface area contributed by atoms with Gasteiger partial charge >= 0.3 is 0 Å². The Hall–Kier alpha value is -1.56. The van der Waals surface area contributed by atoms with Crippen LogP contribution in [-0.4, -0.2) is 48.2 Å². The topological polar surface area (TPSA) is 65.7 Å². The number of rotatable bonds is 8. The van der Waals surface area contributed by atoms with Crippen molar-refractivity contribution in [1.82, 2.24) is 20.7 Å². The Morgan fingerprint density at radius 3 is 2.30 bits per heavy atom. The number of nitrogens with zero attached hydrogens (tertiary/aromatic N) is 3. The Kier molecular flexibility index (Phi) is 8.09. The number of aliphatic imine (C=N–C) groups is 1. The summed E-state index contributed by atoms with van der Waals surface area (Å²) in [6.45, 7) is 15.5. The van der Waals surface area contributed by atoms with Gasteiger partial charge in [-0.15, -0.1) is 0 Å². The quantitative estimate of drug-likeness (QED) is 0.568. The first-order chi connectivity index (χ1) is 10.8. The molecule has 0 aliphatic rings. The highest BCUT2D eigenvalue weighted by Crippen LogP contribution is 2.13. The maximum atomic E-state index is 5.32. The second-order valence-corrected chi connectivity index (χ2v) is 6.65. The Labute approximate surface area is 140 Å². The maximum Gasteiger partial charge on any atom is 0.191 e. The molecule has 0 aromatic carbocycles. The summed E-state index contributed by atoms with van der Waals surface area (Å²) in [7, 11) is 1.78. The summed E-state index contributed by atoms with van der Waals surface area (Å²) in [5.74, 6) is 1.98. The van der Waals surface area contributed by atoms with Gasteiger partial charge in [0.1, 0.15) is 0 Å². The summed E-state index contributed by atoms with van der Waals surface area (Å²) in [6.07, 6.45) is 0. The van der Waals surface area contributed by atoms with E-state index in [2.05, 4.69) is 67.2 Å². The third kappa shape index (κ3) is 6.60. The van der Waals surface area contributed by atoms with E-state index >= 15 is 0 Å². The van der Waals surface area contributed by atoms with Gasteiger partial charge < -0.3 is 15.2 Å². The van der Waals surface area contributed by atoms with Crippen LogP contribution in [0.4, 0.5) is 0 Å². The molecule has 0 bridgehead atoms. The van der Waals surface area contributed by atoms with E-state index in [0.29, 0.717) is 24.5 Å². The van der Waals surface area contributed by atoms with Crippen molar-refractivity contribution < 1.29 is 4.52 Å². The zero-order valence-electron chi connectivity index (χ0n) is 15.7. The van der Waals surface area contributed by atoms with E-state index in [4.69, 9.17) is 4.52 Å². The van der Waals surface area contributed by atoms with Crippen LogP contribution in [0.2, 0.25) is 0 Å². The normalized spacial score (nSPS) is 12.7. The van der Waals surface area contributed by atoms with Crippen LogP contribution in [-0.2, 0) is 6.54 Å². The molecule has 0 saturated carbocycles. The van der Waals surface area contributed by atoms with Crippen molar-refractivity contribution in [3.8, 4) is 0 Å². The Bertz CT molecular complexity index is 471. The fourth-order valence-electron chi connectivity index (χ4n) is 2.49. The van der Waals surface area contributed by atoms with Gasteiger partial charge in [-0.05, 0) is 33.6 Å². The summed E-state index contributed by atoms with van der Waals surface area (Å²) in [5.41, 5.74) is 0.981. The lowest BCUT2D eigenvalue weighted by Gasteiger charge is -2.30. The van der Waals surface area contributed by atoms with Crippen molar-refractivity contribution in [3.63, 3.8) is 0 Å². The van der Waals surface area contributed by atoms with Crippen molar-refractivity contribution in [3.05, 3.63) is 17.5 Å². The number of nitrogens with one attached hydrogen (secondary N) is 2. The largest absolute Gasteiger partial charge is 0.359 e. The van der Waals surface area contributed by atoms with E-state index in [-0.39, 0.29) is 0 Å². The van der Waals surface area contributed by atoms with Crippen molar-refractivity contribution in [2.24, 2.45) is 4.99 Å². The van der Waals surface area contributed by atoms with Gasteiger partial charge in [-0.1, -0.05) is 19.0 Å². The maximum absolute atomic E-state index is 5.32. The second-order valence-electron chi connectivity index (χ2n) is 6.65. The SMILES string of the molecule is CN=C(NCCN(C(C)C)C(C)C)NCc1cc(C(C)C)no1. The minimum atomic E-state index is 0.378. The van der Waals surface area contributed by atoms with Gasteiger partial charge in [0, 0.05) is 38.3 Å². The number of aromatic nitrogens is 1. The van der Waals surface area contributed by atoms with Crippen LogP contribution in [0.15, 0.2) is 15.6 Å². The Balaban J connectivity index is 2.39. The van der Waals surface area contributed by atoms with Crippen LogP contribution in [0.5, 0.6) is 0 Å². The lowest BCUT2D eigenvalue weighted by molar-refractivity contribution is 0.178. The Morgan fingerprint density at radius 2 is 1.83 bits per heavy atom. The molecule has 1 aromatic heterocycles. The predicted molar refractivity (Wildman–Crippen MR) is 95.8 cm³/mol. The molecular weight excluding hydrogens is 290 g/mol. The lowest BCUT2D eigenvalue weighted by Crippen LogP contribution is -2.45. The highest BCUT2D eigenvalue weighted by molar-refractivity contribution is 5.79. The third-order valence-corrected chi connectivity index (χ3v) is 3.81. The van der Waals surface area contributed by atoms with E-state index < -0.39 is 0 Å². The molecule has 0 amide bonds. The molecule has 0 atom stereocenters. The molecule has 1 aromatic rings. The predicted octanol–water partition coefficient (Wildman–Crippen LogP) is 2.58. The summed E-state index contributed by atoms with van der Waals surface area (Å²) in [4.78, 5) is 6.70. The van der Waals surface area contributed by atoms with Crippen LogP contribution >= 0.6 is 0 Å². The van der Waals surface area contributed by atoms with Gasteiger partial charge in [0.2, 0.25) is 0 Å². The first kappa shape index (κ1) is 19.5. The first-order valence-corrected chi connectivity index (χ1v) is 8.50. The summed E-state index contributed by atoms with van der Waals surface area (Å²) in [6, 6.07) is 3.07. The fourth-order valence-corrected chi connectivity index (χ4v) is 2.49. The van der Waals surface area contributed by atoms with E-state index in [1.165, 1.54) is 0 Å². The van der Waals surface area contributed by atoms with Crippen molar-refractivity contribution in [1.29, 1.82) is 0 Å². The van der Waals surface area contributed by atoms with Crippen molar-refractivity contribution in [2.45, 2.75) is 66.1 Å². The minimum absolute atomic E-state index is 0.378. The first-order valence-electron chi connectivity index (χ1n) is 8.50. The van der Waals surface area contributed by atoms with E-state index in [9.17, 15) is 0 Å². The molecule has 0 saturated heterocycles. The van der Waals surface area contributed by atoms with Gasteiger partial charge in [-0.25, -0.2) is 0 Å². The van der Waals surface area contributed by atoms with E-state index in [1.807, 2.05) is 6.07 Å². The number of hydrogen-bond acceptors (Lipinski definition) is 4. The molecule has 0 fully saturated rings. The molecule has 2 N–H and O–H groups in total. The highest BCUT2D eigenvalue weighted by atomic mass is 16.5. The van der Waals surface area contributed by atoms with Crippen LogP contribution in [0.25, 0.3) is 0 Å². The van der Waals surface area contributed by atoms with E-state index in [1.54, 1.807) is 7.05 Å². The molecule has 6 nitrogen and oxygen atoms in total. The molecule has 6 heteroatoms. The molecular formula is C17H33N5O. The van der Waals surface area contributed by atoms with Crippen molar-refractivity contribution >= 4 is 5.96 Å². The van der Waals surface area contributed by atoms with Crippen LogP contribution < -0.4 is 10.6 Å². The molecule has 0 aliphatic heterocycles. The average Bonchev–Trinajstić information content (AvgIpc) is 2.94. The summed E-state index contributed by atoms with van der Waals surface area (Å²) in [5, 5.41) is 10.7. The fraction of sp³-hybridized carbons (Fsp3) is 0.765. The average molecular weight is 323 g/mol. The van der Waals surface area contributed by atoms with Gasteiger partial charge in [0.05, 0.1) is 12.2 Å². The molecule has 0 aliphatic carbocycles. The van der Waals surface area contributed by atoms with Gasteiger partial charge in [0.25, 0.3) is 0 Å². The van der Waals surface area contributed by atoms with Crippen molar-refractivity contribution in [2.75, 3.05) is 20.1 Å². The molecule has 1 rings (SSSR count). The standard InChI is InChI=1S/C17H33N5O/c1-12(2)16-10-15(23-21-16)11-20-17(18-7)19-8-9-22(13(3)4)14(5)6/h10,12-14H,8-9,11H2,1-7H3,(H2,18,19,20). The third-order valence-electron chi connectivity index (χ3n) is 3.81. The van der Waals surface area contributed by atoms with Crippen LogP contribution in [0.1, 0.15) is 58.9 Å². The zero-order valence-corrected chi connectivity index (χ0v) is 15.7.